The van der Waals surface area contributed by atoms with Crippen molar-refractivity contribution in [3.8, 4) is 0 Å². The van der Waals surface area contributed by atoms with E-state index in [1.54, 1.807) is 36.5 Å². The number of aromatic nitrogens is 1. The molecule has 0 bridgehead atoms. The zero-order valence-electron chi connectivity index (χ0n) is 12.1. The van der Waals surface area contributed by atoms with Gasteiger partial charge < -0.3 is 14.5 Å². The Morgan fingerprint density at radius 2 is 2.14 bits per heavy atom. The van der Waals surface area contributed by atoms with Crippen molar-refractivity contribution in [1.82, 2.24) is 14.8 Å². The van der Waals surface area contributed by atoms with Crippen molar-refractivity contribution in [1.29, 1.82) is 0 Å². The Labute approximate surface area is 123 Å². The van der Waals surface area contributed by atoms with Crippen LogP contribution in [0.4, 0.5) is 0 Å². The van der Waals surface area contributed by atoms with Crippen LogP contribution in [0.5, 0.6) is 0 Å². The van der Waals surface area contributed by atoms with Gasteiger partial charge >= 0.3 is 0 Å². The number of amides is 2. The van der Waals surface area contributed by atoms with Crippen molar-refractivity contribution < 1.29 is 14.3 Å². The summed E-state index contributed by atoms with van der Waals surface area (Å²) in [5.74, 6) is 0.297. The minimum absolute atomic E-state index is 0.00173. The van der Waals surface area contributed by atoms with Crippen molar-refractivity contribution in [3.05, 3.63) is 30.1 Å². The van der Waals surface area contributed by atoms with Crippen LogP contribution < -0.4 is 0 Å². The number of carbonyl (C=O) groups excluding carboxylic acids is 2. The van der Waals surface area contributed by atoms with E-state index in [0.29, 0.717) is 31.2 Å². The predicted molar refractivity (Wildman–Crippen MR) is 75.6 cm³/mol. The maximum atomic E-state index is 12.5. The fourth-order valence-electron chi connectivity index (χ4n) is 3.06. The second-order valence-electron chi connectivity index (χ2n) is 5.62. The molecule has 2 amide bonds. The Kier molecular flexibility index (Phi) is 3.88. The maximum Gasteiger partial charge on any atom is 0.254 e. The highest BCUT2D eigenvalue weighted by Crippen LogP contribution is 2.25. The summed E-state index contributed by atoms with van der Waals surface area (Å²) in [6.45, 7) is 2.00. The van der Waals surface area contributed by atoms with E-state index in [0.717, 1.165) is 6.42 Å². The summed E-state index contributed by atoms with van der Waals surface area (Å²) in [6, 6.07) is 3.48. The lowest BCUT2D eigenvalue weighted by molar-refractivity contribution is -0.134. The van der Waals surface area contributed by atoms with Crippen LogP contribution in [-0.2, 0) is 9.53 Å². The Balaban J connectivity index is 1.76. The molecule has 0 aliphatic carbocycles. The number of fused-ring (bicyclic) bond motifs is 1. The molecule has 2 atom stereocenters. The third-order valence-corrected chi connectivity index (χ3v) is 4.38. The number of hydrogen-bond donors (Lipinski definition) is 0. The quantitative estimate of drug-likeness (QED) is 0.751. The molecule has 0 unspecified atom stereocenters. The lowest BCUT2D eigenvalue weighted by Crippen LogP contribution is -2.54. The average molecular weight is 289 g/mol. The molecule has 0 saturated carbocycles. The van der Waals surface area contributed by atoms with Crippen LogP contribution in [0.2, 0.25) is 0 Å². The molecule has 3 rings (SSSR count). The first-order chi connectivity index (χ1) is 10.2. The summed E-state index contributed by atoms with van der Waals surface area (Å²) >= 11 is 0. The number of likely N-dealkylation sites (tertiary alicyclic amines) is 1. The summed E-state index contributed by atoms with van der Waals surface area (Å²) in [5.41, 5.74) is 0.641. The number of likely N-dealkylation sites (N-methyl/N-ethyl adjacent to an activating group) is 1. The van der Waals surface area contributed by atoms with E-state index in [9.17, 15) is 9.59 Å². The summed E-state index contributed by atoms with van der Waals surface area (Å²) < 4.78 is 5.42. The van der Waals surface area contributed by atoms with Crippen molar-refractivity contribution in [2.24, 2.45) is 5.92 Å². The van der Waals surface area contributed by atoms with Gasteiger partial charge in [0.1, 0.15) is 6.61 Å². The van der Waals surface area contributed by atoms with Gasteiger partial charge in [0.05, 0.1) is 12.6 Å². The van der Waals surface area contributed by atoms with E-state index in [-0.39, 0.29) is 24.5 Å². The fraction of sp³-hybridized carbons (Fsp3) is 0.533. The molecular formula is C15H19N3O3. The zero-order chi connectivity index (χ0) is 14.8. The first-order valence-corrected chi connectivity index (χ1v) is 7.19. The maximum absolute atomic E-state index is 12.5. The number of piperidine rings is 1. The molecule has 1 aromatic heterocycles. The predicted octanol–water partition coefficient (Wildman–Crippen LogP) is 0.401. The van der Waals surface area contributed by atoms with E-state index >= 15 is 0 Å². The smallest absolute Gasteiger partial charge is 0.254 e. The molecule has 0 N–H and O–H groups in total. The van der Waals surface area contributed by atoms with E-state index < -0.39 is 0 Å². The lowest BCUT2D eigenvalue weighted by Gasteiger charge is -2.41. The van der Waals surface area contributed by atoms with E-state index in [4.69, 9.17) is 4.74 Å². The molecule has 2 aliphatic heterocycles. The zero-order valence-corrected chi connectivity index (χ0v) is 12.1. The molecule has 6 heteroatoms. The number of nitrogens with zero attached hydrogens (tertiary/aromatic N) is 3. The summed E-state index contributed by atoms with van der Waals surface area (Å²) in [6.07, 6.45) is 4.10. The summed E-state index contributed by atoms with van der Waals surface area (Å²) in [4.78, 5) is 31.9. The molecule has 3 heterocycles. The first kappa shape index (κ1) is 14.0. The first-order valence-electron chi connectivity index (χ1n) is 7.19. The number of ether oxygens (including phenoxy) is 1. The second-order valence-corrected chi connectivity index (χ2v) is 5.62. The highest BCUT2D eigenvalue weighted by molar-refractivity contribution is 5.94. The molecule has 0 spiro atoms. The van der Waals surface area contributed by atoms with Gasteiger partial charge in [-0.05, 0) is 18.6 Å². The SMILES string of the molecule is CN1C(=O)COC[C@@H]2CCN(C(=O)c3ccncc3)C[C@@H]21. The van der Waals surface area contributed by atoms with Gasteiger partial charge in [-0.2, -0.15) is 0 Å². The number of pyridine rings is 1. The standard InChI is InChI=1S/C15H19N3O3/c1-17-13-8-18(15(20)11-2-5-16-6-3-11)7-4-12(13)9-21-10-14(17)19/h2-3,5-6,12-13H,4,7-10H2,1H3/t12-,13-/m0/s1. The van der Waals surface area contributed by atoms with Gasteiger partial charge in [-0.1, -0.05) is 0 Å². The molecular weight excluding hydrogens is 270 g/mol. The molecule has 2 saturated heterocycles. The Bertz CT molecular complexity index is 534. The van der Waals surface area contributed by atoms with Gasteiger partial charge in [-0.25, -0.2) is 0 Å². The average Bonchev–Trinajstić information content (AvgIpc) is 2.67. The van der Waals surface area contributed by atoms with Crippen molar-refractivity contribution in [3.63, 3.8) is 0 Å². The van der Waals surface area contributed by atoms with Gasteiger partial charge in [0, 0.05) is 44.0 Å². The van der Waals surface area contributed by atoms with Gasteiger partial charge in [0.15, 0.2) is 0 Å². The highest BCUT2D eigenvalue weighted by atomic mass is 16.5. The third-order valence-electron chi connectivity index (χ3n) is 4.38. The summed E-state index contributed by atoms with van der Waals surface area (Å²) in [7, 11) is 1.80. The number of carbonyl (C=O) groups is 2. The van der Waals surface area contributed by atoms with Gasteiger partial charge in [0.2, 0.25) is 5.91 Å². The lowest BCUT2D eigenvalue weighted by atomic mass is 9.91. The topological polar surface area (TPSA) is 62.7 Å². The van der Waals surface area contributed by atoms with Gasteiger partial charge in [0.25, 0.3) is 5.91 Å². The Morgan fingerprint density at radius 1 is 1.38 bits per heavy atom. The molecule has 112 valence electrons. The monoisotopic (exact) mass is 289 g/mol. The van der Waals surface area contributed by atoms with Crippen LogP contribution in [0.25, 0.3) is 0 Å². The molecule has 1 aromatic rings. The van der Waals surface area contributed by atoms with E-state index in [1.165, 1.54) is 0 Å². The molecule has 2 fully saturated rings. The minimum Gasteiger partial charge on any atom is -0.371 e. The second kappa shape index (κ2) is 5.81. The molecule has 6 nitrogen and oxygen atoms in total. The van der Waals surface area contributed by atoms with Crippen LogP contribution in [0, 0.1) is 5.92 Å². The van der Waals surface area contributed by atoms with Gasteiger partial charge in [-0.15, -0.1) is 0 Å². The fourth-order valence-corrected chi connectivity index (χ4v) is 3.06. The number of hydrogen-bond acceptors (Lipinski definition) is 4. The Hall–Kier alpha value is -1.95. The largest absolute Gasteiger partial charge is 0.371 e. The Morgan fingerprint density at radius 3 is 2.90 bits per heavy atom. The normalized spacial score (nSPS) is 26.2. The van der Waals surface area contributed by atoms with Crippen LogP contribution in [-0.4, -0.2) is 66.0 Å². The van der Waals surface area contributed by atoms with Crippen LogP contribution in [0.3, 0.4) is 0 Å². The van der Waals surface area contributed by atoms with Crippen molar-refractivity contribution in [2.75, 3.05) is 33.4 Å². The van der Waals surface area contributed by atoms with E-state index in [2.05, 4.69) is 4.98 Å². The minimum atomic E-state index is -0.0132. The molecule has 0 radical (unpaired) electrons. The highest BCUT2D eigenvalue weighted by Gasteiger charge is 2.37. The molecule has 0 aromatic carbocycles. The van der Waals surface area contributed by atoms with Crippen LogP contribution in [0.15, 0.2) is 24.5 Å². The van der Waals surface area contributed by atoms with Crippen LogP contribution >= 0.6 is 0 Å². The number of rotatable bonds is 1. The molecule has 21 heavy (non-hydrogen) atoms. The van der Waals surface area contributed by atoms with E-state index in [1.807, 2.05) is 4.90 Å². The van der Waals surface area contributed by atoms with Crippen molar-refractivity contribution in [2.45, 2.75) is 12.5 Å². The molecule has 2 aliphatic rings. The third kappa shape index (κ3) is 2.76. The van der Waals surface area contributed by atoms with Crippen LogP contribution in [0.1, 0.15) is 16.8 Å². The summed E-state index contributed by atoms with van der Waals surface area (Å²) in [5, 5.41) is 0. The van der Waals surface area contributed by atoms with Crippen molar-refractivity contribution >= 4 is 11.8 Å². The van der Waals surface area contributed by atoms with Gasteiger partial charge in [-0.3, -0.25) is 14.6 Å².